The fraction of sp³-hybridized carbons (Fsp3) is 0.350. The molecule has 1 aliphatic rings. The fourth-order valence-electron chi connectivity index (χ4n) is 3.26. The highest BCUT2D eigenvalue weighted by Gasteiger charge is 2.29. The Kier molecular flexibility index (Phi) is 4.47. The summed E-state index contributed by atoms with van der Waals surface area (Å²) < 4.78 is 0. The summed E-state index contributed by atoms with van der Waals surface area (Å²) in [5.74, 6) is 0.172. The van der Waals surface area contributed by atoms with Gasteiger partial charge >= 0.3 is 0 Å². The summed E-state index contributed by atoms with van der Waals surface area (Å²) in [5.41, 5.74) is 3.69. The predicted molar refractivity (Wildman–Crippen MR) is 96.7 cm³/mol. The van der Waals surface area contributed by atoms with Crippen molar-refractivity contribution < 1.29 is 9.90 Å². The number of piperazine rings is 1. The van der Waals surface area contributed by atoms with Crippen molar-refractivity contribution in [3.63, 3.8) is 0 Å². The number of phenols is 1. The molecule has 1 heterocycles. The first kappa shape index (κ1) is 16.4. The van der Waals surface area contributed by atoms with Crippen LogP contribution in [0.15, 0.2) is 42.5 Å². The van der Waals surface area contributed by atoms with Gasteiger partial charge in [-0.15, -0.1) is 0 Å². The summed E-state index contributed by atoms with van der Waals surface area (Å²) in [5, 5.41) is 9.85. The summed E-state index contributed by atoms with van der Waals surface area (Å²) >= 11 is 0. The lowest BCUT2D eigenvalue weighted by Gasteiger charge is -2.41. The molecule has 3 rings (SSSR count). The van der Waals surface area contributed by atoms with Gasteiger partial charge in [0, 0.05) is 42.5 Å². The van der Waals surface area contributed by atoms with Crippen molar-refractivity contribution in [1.82, 2.24) is 4.90 Å². The number of anilines is 1. The summed E-state index contributed by atoms with van der Waals surface area (Å²) in [6, 6.07) is 13.8. The van der Waals surface area contributed by atoms with E-state index in [1.165, 1.54) is 11.3 Å². The van der Waals surface area contributed by atoms with E-state index in [1.54, 1.807) is 25.1 Å². The monoisotopic (exact) mass is 324 g/mol. The zero-order valence-electron chi connectivity index (χ0n) is 14.5. The molecular weight excluding hydrogens is 300 g/mol. The highest BCUT2D eigenvalue weighted by atomic mass is 16.3. The van der Waals surface area contributed by atoms with Crippen LogP contribution in [-0.2, 0) is 0 Å². The van der Waals surface area contributed by atoms with E-state index in [4.69, 9.17) is 0 Å². The number of carbonyl (C=O) groups excluding carboxylic acids is 1. The van der Waals surface area contributed by atoms with E-state index in [-0.39, 0.29) is 17.7 Å². The molecule has 4 heteroatoms. The average molecular weight is 324 g/mol. The van der Waals surface area contributed by atoms with Crippen LogP contribution in [0, 0.1) is 13.8 Å². The Morgan fingerprint density at radius 3 is 2.46 bits per heavy atom. The number of phenolic OH excluding ortho intramolecular Hbond substituents is 1. The van der Waals surface area contributed by atoms with E-state index < -0.39 is 0 Å². The highest BCUT2D eigenvalue weighted by Crippen LogP contribution is 2.24. The first-order valence-corrected chi connectivity index (χ1v) is 8.38. The normalized spacial score (nSPS) is 17.9. The second-order valence-corrected chi connectivity index (χ2v) is 6.58. The third-order valence-corrected chi connectivity index (χ3v) is 4.82. The van der Waals surface area contributed by atoms with Crippen LogP contribution in [0.4, 0.5) is 5.69 Å². The molecule has 0 aliphatic carbocycles. The summed E-state index contributed by atoms with van der Waals surface area (Å²) in [7, 11) is 0. The number of benzene rings is 2. The Hall–Kier alpha value is -2.49. The van der Waals surface area contributed by atoms with Gasteiger partial charge < -0.3 is 14.9 Å². The number of aromatic hydroxyl groups is 1. The minimum atomic E-state index is -0.000504. The fourth-order valence-corrected chi connectivity index (χ4v) is 3.26. The molecule has 0 aromatic heterocycles. The molecule has 126 valence electrons. The van der Waals surface area contributed by atoms with Gasteiger partial charge in [-0.25, -0.2) is 0 Å². The third-order valence-electron chi connectivity index (χ3n) is 4.82. The molecule has 1 atom stereocenters. The van der Waals surface area contributed by atoms with Crippen LogP contribution >= 0.6 is 0 Å². The van der Waals surface area contributed by atoms with E-state index in [0.29, 0.717) is 17.7 Å². The van der Waals surface area contributed by atoms with Crippen LogP contribution in [0.5, 0.6) is 5.75 Å². The molecule has 0 saturated carbocycles. The molecule has 2 aromatic rings. The minimum absolute atomic E-state index is 0.000504. The molecule has 1 aliphatic heterocycles. The first-order chi connectivity index (χ1) is 11.5. The Morgan fingerprint density at radius 1 is 1.08 bits per heavy atom. The van der Waals surface area contributed by atoms with Crippen LogP contribution in [0.3, 0.4) is 0 Å². The Balaban J connectivity index is 1.75. The van der Waals surface area contributed by atoms with Gasteiger partial charge in [-0.1, -0.05) is 23.8 Å². The van der Waals surface area contributed by atoms with Gasteiger partial charge in [-0.2, -0.15) is 0 Å². The van der Waals surface area contributed by atoms with Crippen molar-refractivity contribution in [2.75, 3.05) is 24.5 Å². The number of hydrogen-bond donors (Lipinski definition) is 1. The number of carbonyl (C=O) groups is 1. The largest absolute Gasteiger partial charge is 0.508 e. The third kappa shape index (κ3) is 3.09. The molecule has 0 radical (unpaired) electrons. The lowest BCUT2D eigenvalue weighted by atomic mass is 10.0. The number of amides is 1. The van der Waals surface area contributed by atoms with Gasteiger partial charge in [0.1, 0.15) is 5.75 Å². The second-order valence-electron chi connectivity index (χ2n) is 6.58. The van der Waals surface area contributed by atoms with Crippen molar-refractivity contribution >= 4 is 11.6 Å². The molecule has 1 N–H and O–H groups in total. The number of nitrogens with zero attached hydrogens (tertiary/aromatic N) is 2. The van der Waals surface area contributed by atoms with Gasteiger partial charge in [0.15, 0.2) is 0 Å². The Bertz CT molecular complexity index is 740. The quantitative estimate of drug-likeness (QED) is 0.921. The Morgan fingerprint density at radius 2 is 1.79 bits per heavy atom. The van der Waals surface area contributed by atoms with Gasteiger partial charge in [0.25, 0.3) is 5.91 Å². The summed E-state index contributed by atoms with van der Waals surface area (Å²) in [6.07, 6.45) is 0. The molecule has 1 saturated heterocycles. The van der Waals surface area contributed by atoms with E-state index in [9.17, 15) is 9.90 Å². The number of aryl methyl sites for hydroxylation is 1. The van der Waals surface area contributed by atoms with Crippen LogP contribution < -0.4 is 4.90 Å². The van der Waals surface area contributed by atoms with Crippen molar-refractivity contribution in [2.24, 2.45) is 0 Å². The summed E-state index contributed by atoms with van der Waals surface area (Å²) in [4.78, 5) is 17.1. The van der Waals surface area contributed by atoms with Crippen LogP contribution in [0.25, 0.3) is 0 Å². The predicted octanol–water partition coefficient (Wildman–Crippen LogP) is 3.36. The molecule has 1 amide bonds. The molecule has 0 bridgehead atoms. The molecular formula is C20H24N2O2. The highest BCUT2D eigenvalue weighted by molar-refractivity contribution is 5.96. The van der Waals surface area contributed by atoms with Crippen LogP contribution in [0.1, 0.15) is 28.4 Å². The smallest absolute Gasteiger partial charge is 0.254 e. The van der Waals surface area contributed by atoms with Crippen LogP contribution in [0.2, 0.25) is 0 Å². The molecule has 1 unspecified atom stereocenters. The van der Waals surface area contributed by atoms with Gasteiger partial charge in [-0.3, -0.25) is 4.79 Å². The van der Waals surface area contributed by atoms with Gasteiger partial charge in [-0.05, 0) is 45.0 Å². The lowest BCUT2D eigenvalue weighted by Crippen LogP contribution is -2.54. The lowest BCUT2D eigenvalue weighted by molar-refractivity contribution is 0.0673. The SMILES string of the molecule is Cc1ccc(N2CCN(C(=O)c3cccc(O)c3C)C(C)C2)cc1. The second kappa shape index (κ2) is 6.56. The zero-order chi connectivity index (χ0) is 17.3. The number of hydrogen-bond acceptors (Lipinski definition) is 3. The molecule has 4 nitrogen and oxygen atoms in total. The average Bonchev–Trinajstić information content (AvgIpc) is 2.57. The summed E-state index contributed by atoms with van der Waals surface area (Å²) in [6.45, 7) is 8.26. The maximum Gasteiger partial charge on any atom is 0.254 e. The zero-order valence-corrected chi connectivity index (χ0v) is 14.5. The molecule has 2 aromatic carbocycles. The van der Waals surface area contributed by atoms with Crippen LogP contribution in [-0.4, -0.2) is 41.6 Å². The minimum Gasteiger partial charge on any atom is -0.508 e. The topological polar surface area (TPSA) is 43.8 Å². The van der Waals surface area contributed by atoms with E-state index in [2.05, 4.69) is 43.0 Å². The standard InChI is InChI=1S/C20H24N2O2/c1-14-7-9-17(10-8-14)21-11-12-22(15(2)13-21)20(24)18-5-4-6-19(23)16(18)3/h4-10,15,23H,11-13H2,1-3H3. The van der Waals surface area contributed by atoms with Crippen molar-refractivity contribution in [1.29, 1.82) is 0 Å². The Labute approximate surface area is 143 Å². The molecule has 24 heavy (non-hydrogen) atoms. The first-order valence-electron chi connectivity index (χ1n) is 8.38. The maximum absolute atomic E-state index is 12.9. The van der Waals surface area contributed by atoms with E-state index in [0.717, 1.165) is 13.1 Å². The van der Waals surface area contributed by atoms with Crippen molar-refractivity contribution in [2.45, 2.75) is 26.8 Å². The van der Waals surface area contributed by atoms with Gasteiger partial charge in [0.05, 0.1) is 0 Å². The van der Waals surface area contributed by atoms with E-state index in [1.807, 2.05) is 4.90 Å². The maximum atomic E-state index is 12.9. The molecule has 0 spiro atoms. The number of rotatable bonds is 2. The van der Waals surface area contributed by atoms with Crippen molar-refractivity contribution in [3.8, 4) is 5.75 Å². The molecule has 1 fully saturated rings. The van der Waals surface area contributed by atoms with Gasteiger partial charge in [0.2, 0.25) is 0 Å². The van der Waals surface area contributed by atoms with E-state index >= 15 is 0 Å². The van der Waals surface area contributed by atoms with Crippen molar-refractivity contribution in [3.05, 3.63) is 59.2 Å².